The van der Waals surface area contributed by atoms with Gasteiger partial charge >= 0.3 is 17.9 Å². The molecule has 0 radical (unpaired) electrons. The van der Waals surface area contributed by atoms with Gasteiger partial charge in [0.2, 0.25) is 29.5 Å². The Kier molecular flexibility index (Phi) is 27.3. The lowest BCUT2D eigenvalue weighted by molar-refractivity contribution is -0.146. The van der Waals surface area contributed by atoms with Gasteiger partial charge in [0.05, 0.1) is 30.0 Å². The molecule has 0 aromatic heterocycles. The van der Waals surface area contributed by atoms with Crippen molar-refractivity contribution >= 4 is 59.3 Å². The van der Waals surface area contributed by atoms with Crippen LogP contribution in [0.15, 0.2) is 71.4 Å². The first-order valence-electron chi connectivity index (χ1n) is 23.5. The molecule has 0 aliphatic carbocycles. The molecular weight excluding hydrogens is 937 g/mol. The van der Waals surface area contributed by atoms with E-state index >= 15 is 0 Å². The Labute approximate surface area is 420 Å². The zero-order valence-corrected chi connectivity index (χ0v) is 42.7. The zero-order valence-electron chi connectivity index (χ0n) is 42.7. The number of allylic oxidation sites excluding steroid dienone is 2. The first-order valence-corrected chi connectivity index (χ1v) is 23.5. The summed E-state index contributed by atoms with van der Waals surface area (Å²) in [7, 11) is 2.79. The molecule has 0 fully saturated rings. The minimum atomic E-state index is -1.74. The van der Waals surface area contributed by atoms with Crippen LogP contribution in [0.5, 0.6) is 0 Å². The first-order chi connectivity index (χ1) is 33.6. The summed E-state index contributed by atoms with van der Waals surface area (Å²) in [5, 5.41) is 41.5. The second kappa shape index (κ2) is 31.2. The standard InChI is InChI=1S/C49H76N10O13/c1-26(2)23-34(50)44(64)58-40(48(70)71)30(6)42(62)56-36(17-14-22-53-49(51)52)45(65)55-35(19-18-27(3)24-28(4)38(72-10)25-33-15-12-11-13-16-33)29(5)41(61)57-37(47(68)69)20-21-39(60)59(9)32(8)43(63)54-31(7)46(66)67/h11-13,15-16,18-19,24,26,28-31,34-38,40H,8,14,17,20-23,25,50H2,1-7,9-10H3,(H,54,63)(H,55,65)(H,56,62)(H,57,61)(H,58,64)(H,66,67)(H,68,69)(H,70,71)(H4,51,52,53). The van der Waals surface area contributed by atoms with Crippen molar-refractivity contribution in [3.8, 4) is 0 Å². The molecule has 23 nitrogen and oxygen atoms in total. The minimum Gasteiger partial charge on any atom is -0.480 e. The highest BCUT2D eigenvalue weighted by atomic mass is 16.5. The number of carbonyl (C=O) groups is 9. The molecular formula is C49H76N10O13. The predicted molar refractivity (Wildman–Crippen MR) is 268 cm³/mol. The van der Waals surface area contributed by atoms with Crippen molar-refractivity contribution in [3.63, 3.8) is 0 Å². The van der Waals surface area contributed by atoms with E-state index in [-0.39, 0.29) is 49.7 Å². The molecule has 0 saturated heterocycles. The highest BCUT2D eigenvalue weighted by molar-refractivity contribution is 5.99. The van der Waals surface area contributed by atoms with Gasteiger partial charge in [0, 0.05) is 33.0 Å². The average molecular weight is 1010 g/mol. The highest BCUT2D eigenvalue weighted by Crippen LogP contribution is 2.19. The van der Waals surface area contributed by atoms with Gasteiger partial charge in [0.1, 0.15) is 29.9 Å². The van der Waals surface area contributed by atoms with Crippen LogP contribution in [0.1, 0.15) is 86.1 Å². The Morgan fingerprint density at radius 3 is 1.92 bits per heavy atom. The number of hydrogen-bond donors (Lipinski definition) is 11. The maximum absolute atomic E-state index is 14.3. The molecule has 10 atom stereocenters. The first kappa shape index (κ1) is 62.9. The van der Waals surface area contributed by atoms with Crippen LogP contribution in [0.3, 0.4) is 0 Å². The number of guanidine groups is 1. The number of amides is 6. The van der Waals surface area contributed by atoms with Gasteiger partial charge in [-0.15, -0.1) is 0 Å². The fourth-order valence-electron chi connectivity index (χ4n) is 7.07. The summed E-state index contributed by atoms with van der Waals surface area (Å²) in [6.07, 6.45) is 4.74. The van der Waals surface area contributed by atoms with Gasteiger partial charge in [-0.2, -0.15) is 0 Å². The molecule has 6 amide bonds. The number of hydrogen-bond acceptors (Lipinski definition) is 12. The van der Waals surface area contributed by atoms with Crippen LogP contribution in [-0.4, -0.2) is 143 Å². The quantitative estimate of drug-likeness (QED) is 0.0154. The Balaban J connectivity index is 3.62. The van der Waals surface area contributed by atoms with Gasteiger partial charge in [-0.1, -0.05) is 95.3 Å². The summed E-state index contributed by atoms with van der Waals surface area (Å²) < 4.78 is 5.80. The van der Waals surface area contributed by atoms with Crippen molar-refractivity contribution in [1.29, 1.82) is 0 Å². The molecule has 0 aliphatic rings. The monoisotopic (exact) mass is 1010 g/mol. The molecule has 0 spiro atoms. The molecule has 14 N–H and O–H groups in total. The Morgan fingerprint density at radius 1 is 0.778 bits per heavy atom. The molecule has 10 unspecified atom stereocenters. The van der Waals surface area contributed by atoms with Gasteiger partial charge in [0.15, 0.2) is 5.96 Å². The van der Waals surface area contributed by atoms with Gasteiger partial charge in [-0.3, -0.25) is 38.6 Å². The van der Waals surface area contributed by atoms with E-state index in [1.807, 2.05) is 57.2 Å². The number of methoxy groups -OCH3 is 1. The molecule has 0 saturated carbocycles. The van der Waals surface area contributed by atoms with Crippen LogP contribution >= 0.6 is 0 Å². The molecule has 1 aromatic rings. The van der Waals surface area contributed by atoms with E-state index in [4.69, 9.17) is 27.0 Å². The number of carbonyl (C=O) groups excluding carboxylic acids is 6. The Bertz CT molecular complexity index is 2140. The lowest BCUT2D eigenvalue weighted by Gasteiger charge is -2.28. The second-order valence-electron chi connectivity index (χ2n) is 18.1. The maximum atomic E-state index is 14.3. The Hall–Kier alpha value is -7.14. The topological polar surface area (TPSA) is 377 Å². The average Bonchev–Trinajstić information content (AvgIpc) is 3.31. The number of benzene rings is 1. The van der Waals surface area contributed by atoms with Crippen molar-refractivity contribution in [3.05, 3.63) is 72.0 Å². The van der Waals surface area contributed by atoms with Gasteiger partial charge in [-0.25, -0.2) is 9.59 Å². The van der Waals surface area contributed by atoms with Crippen LogP contribution in [0, 0.1) is 23.7 Å². The molecule has 400 valence electrons. The van der Waals surface area contributed by atoms with Gasteiger partial charge < -0.3 is 68.7 Å². The van der Waals surface area contributed by atoms with E-state index in [9.17, 15) is 53.4 Å². The molecule has 23 heteroatoms. The van der Waals surface area contributed by atoms with E-state index < -0.39 is 120 Å². The summed E-state index contributed by atoms with van der Waals surface area (Å²) >= 11 is 0. The van der Waals surface area contributed by atoms with E-state index in [0.717, 1.165) is 10.5 Å². The number of carboxylic acids is 3. The summed E-state index contributed by atoms with van der Waals surface area (Å²) in [6.45, 7) is 14.8. The number of nitrogens with two attached hydrogens (primary N) is 3. The number of aliphatic imine (C=N–C) groups is 1. The summed E-state index contributed by atoms with van der Waals surface area (Å²) in [5.41, 5.74) is 18.3. The number of carboxylic acid groups (broad SMARTS) is 3. The number of ether oxygens (including phenoxy) is 1. The van der Waals surface area contributed by atoms with Gasteiger partial charge in [0.25, 0.3) is 5.91 Å². The van der Waals surface area contributed by atoms with Crippen molar-refractivity contribution in [2.24, 2.45) is 45.9 Å². The van der Waals surface area contributed by atoms with E-state index in [1.165, 1.54) is 33.9 Å². The molecule has 0 aliphatic heterocycles. The lowest BCUT2D eigenvalue weighted by Crippen LogP contribution is -2.57. The van der Waals surface area contributed by atoms with Crippen LogP contribution in [-0.2, 0) is 54.3 Å². The van der Waals surface area contributed by atoms with E-state index in [0.29, 0.717) is 12.0 Å². The SMILES string of the molecule is C=C(C(=O)NC(C)C(=O)O)N(C)C(=O)CCC(NC(=O)C(C)C(C=CC(C)=CC(C)C(Cc1ccccc1)OC)NC(=O)C(CCCN=C(N)N)NC(=O)C(C)C(NC(=O)C(N)CC(C)C)C(=O)O)C(=O)O. The zero-order chi connectivity index (χ0) is 55.0. The number of aliphatic carboxylic acids is 3. The Morgan fingerprint density at radius 2 is 1.38 bits per heavy atom. The highest BCUT2D eigenvalue weighted by Gasteiger charge is 2.36. The maximum Gasteiger partial charge on any atom is 0.327 e. The molecule has 1 rings (SSSR count). The molecule has 0 heterocycles. The predicted octanol–water partition coefficient (Wildman–Crippen LogP) is 0.532. The van der Waals surface area contributed by atoms with Crippen LogP contribution in [0.4, 0.5) is 0 Å². The smallest absolute Gasteiger partial charge is 0.327 e. The fraction of sp³-hybridized carbons (Fsp3) is 0.551. The lowest BCUT2D eigenvalue weighted by atomic mass is 9.94. The molecule has 1 aromatic carbocycles. The van der Waals surface area contributed by atoms with Crippen LogP contribution in [0.2, 0.25) is 0 Å². The third-order valence-corrected chi connectivity index (χ3v) is 11.7. The minimum absolute atomic E-state index is 0.00572. The van der Waals surface area contributed by atoms with E-state index in [2.05, 4.69) is 38.2 Å². The summed E-state index contributed by atoms with van der Waals surface area (Å²) in [6, 6.07) is 1.35. The fourth-order valence-corrected chi connectivity index (χ4v) is 7.07. The van der Waals surface area contributed by atoms with Gasteiger partial charge in [-0.05, 0) is 57.4 Å². The van der Waals surface area contributed by atoms with E-state index in [1.54, 1.807) is 20.1 Å². The largest absolute Gasteiger partial charge is 0.480 e. The van der Waals surface area contributed by atoms with Crippen molar-refractivity contribution in [1.82, 2.24) is 31.5 Å². The second-order valence-corrected chi connectivity index (χ2v) is 18.1. The van der Waals surface area contributed by atoms with Crippen molar-refractivity contribution < 1.29 is 63.2 Å². The van der Waals surface area contributed by atoms with Crippen molar-refractivity contribution in [2.45, 2.75) is 129 Å². The third kappa shape index (κ3) is 22.3. The summed E-state index contributed by atoms with van der Waals surface area (Å²) in [5.74, 6) is -12.6. The van der Waals surface area contributed by atoms with Crippen LogP contribution < -0.4 is 43.8 Å². The molecule has 0 bridgehead atoms. The van der Waals surface area contributed by atoms with Crippen molar-refractivity contribution in [2.75, 3.05) is 20.7 Å². The summed E-state index contributed by atoms with van der Waals surface area (Å²) in [4.78, 5) is 121. The molecule has 72 heavy (non-hydrogen) atoms. The number of nitrogens with one attached hydrogen (secondary N) is 5. The van der Waals surface area contributed by atoms with Crippen LogP contribution in [0.25, 0.3) is 0 Å². The number of rotatable bonds is 32. The number of likely N-dealkylation sites (N-methyl/N-ethyl adjacent to an activating group) is 1. The third-order valence-electron chi connectivity index (χ3n) is 11.7. The normalized spacial score (nSPS) is 15.7. The number of nitrogens with zero attached hydrogens (tertiary/aromatic N) is 2.